The normalized spacial score (nSPS) is 17.8. The number of carbonyl (C=O) groups excluding carboxylic acids is 2. The third-order valence-electron chi connectivity index (χ3n) is 3.20. The van der Waals surface area contributed by atoms with Crippen LogP contribution in [0.4, 0.5) is 0 Å². The molecule has 4 nitrogen and oxygen atoms in total. The van der Waals surface area contributed by atoms with Crippen molar-refractivity contribution in [2.45, 2.75) is 45.1 Å². The third-order valence-corrected chi connectivity index (χ3v) is 3.57. The Labute approximate surface area is 108 Å². The summed E-state index contributed by atoms with van der Waals surface area (Å²) in [7, 11) is 0. The maximum absolute atomic E-state index is 11.7. The molecule has 0 aromatic heterocycles. The zero-order chi connectivity index (χ0) is 12.7. The molecular formula is C12H22N2O2S. The van der Waals surface area contributed by atoms with Crippen molar-refractivity contribution in [1.82, 2.24) is 10.6 Å². The van der Waals surface area contributed by atoms with Crippen LogP contribution in [0.15, 0.2) is 0 Å². The minimum Gasteiger partial charge on any atom is -0.354 e. The van der Waals surface area contributed by atoms with Gasteiger partial charge in [0.1, 0.15) is 6.04 Å². The van der Waals surface area contributed by atoms with Gasteiger partial charge in [-0.15, -0.1) is 0 Å². The van der Waals surface area contributed by atoms with Crippen LogP contribution in [0, 0.1) is 5.92 Å². The first-order valence-electron chi connectivity index (χ1n) is 6.29. The molecule has 1 aliphatic rings. The molecule has 1 atom stereocenters. The summed E-state index contributed by atoms with van der Waals surface area (Å²) in [5.41, 5.74) is 0. The second kappa shape index (κ2) is 7.58. The number of rotatable bonds is 6. The number of hydrogen-bond acceptors (Lipinski definition) is 3. The number of carbonyl (C=O) groups is 2. The van der Waals surface area contributed by atoms with Crippen molar-refractivity contribution < 1.29 is 9.59 Å². The molecule has 0 bridgehead atoms. The third kappa shape index (κ3) is 5.44. The van der Waals surface area contributed by atoms with E-state index in [0.29, 0.717) is 12.3 Å². The van der Waals surface area contributed by atoms with E-state index >= 15 is 0 Å². The summed E-state index contributed by atoms with van der Waals surface area (Å²) in [6.07, 6.45) is 6.27. The summed E-state index contributed by atoms with van der Waals surface area (Å²) in [6, 6.07) is -0.514. The van der Waals surface area contributed by atoms with Gasteiger partial charge in [-0.3, -0.25) is 9.59 Å². The van der Waals surface area contributed by atoms with Gasteiger partial charge in [0, 0.05) is 19.2 Å². The van der Waals surface area contributed by atoms with Crippen LogP contribution >= 0.6 is 12.6 Å². The molecular weight excluding hydrogens is 236 g/mol. The van der Waals surface area contributed by atoms with E-state index in [1.165, 1.54) is 32.6 Å². The molecule has 1 rings (SSSR count). The molecule has 5 heteroatoms. The fraction of sp³-hybridized carbons (Fsp3) is 0.833. The van der Waals surface area contributed by atoms with E-state index in [2.05, 4.69) is 23.3 Å². The highest BCUT2D eigenvalue weighted by Gasteiger charge is 2.18. The lowest BCUT2D eigenvalue weighted by Gasteiger charge is -2.16. The molecule has 1 unspecified atom stereocenters. The minimum absolute atomic E-state index is 0.131. The van der Waals surface area contributed by atoms with E-state index in [-0.39, 0.29) is 11.8 Å². The molecule has 17 heavy (non-hydrogen) atoms. The topological polar surface area (TPSA) is 58.2 Å². The van der Waals surface area contributed by atoms with Crippen molar-refractivity contribution in [3.8, 4) is 0 Å². The van der Waals surface area contributed by atoms with Crippen molar-refractivity contribution in [1.29, 1.82) is 0 Å². The summed E-state index contributed by atoms with van der Waals surface area (Å²) >= 11 is 4.06. The fourth-order valence-electron chi connectivity index (χ4n) is 2.26. The summed E-state index contributed by atoms with van der Waals surface area (Å²) in [4.78, 5) is 22.6. The molecule has 98 valence electrons. The van der Waals surface area contributed by atoms with Crippen molar-refractivity contribution in [3.05, 3.63) is 0 Å². The quantitative estimate of drug-likeness (QED) is 0.625. The van der Waals surface area contributed by atoms with Gasteiger partial charge in [0.25, 0.3) is 0 Å². The molecule has 0 saturated heterocycles. The Morgan fingerprint density at radius 1 is 1.35 bits per heavy atom. The van der Waals surface area contributed by atoms with Crippen LogP contribution in [0.5, 0.6) is 0 Å². The Morgan fingerprint density at radius 2 is 2.00 bits per heavy atom. The Hall–Kier alpha value is -0.710. The number of hydrogen-bond donors (Lipinski definition) is 3. The fourth-order valence-corrected chi connectivity index (χ4v) is 2.52. The zero-order valence-corrected chi connectivity index (χ0v) is 11.3. The molecule has 2 amide bonds. The van der Waals surface area contributed by atoms with Gasteiger partial charge < -0.3 is 10.6 Å². The van der Waals surface area contributed by atoms with Crippen molar-refractivity contribution in [2.75, 3.05) is 12.3 Å². The van der Waals surface area contributed by atoms with Crippen molar-refractivity contribution in [2.24, 2.45) is 5.92 Å². The molecule has 2 N–H and O–H groups in total. The average Bonchev–Trinajstić information content (AvgIpc) is 2.78. The highest BCUT2D eigenvalue weighted by Crippen LogP contribution is 2.26. The molecule has 1 saturated carbocycles. The van der Waals surface area contributed by atoms with Gasteiger partial charge in [-0.05, 0) is 12.3 Å². The molecule has 0 aliphatic heterocycles. The number of amides is 2. The van der Waals surface area contributed by atoms with Crippen molar-refractivity contribution in [3.63, 3.8) is 0 Å². The predicted octanol–water partition coefficient (Wildman–Crippen LogP) is 1.12. The van der Waals surface area contributed by atoms with E-state index in [4.69, 9.17) is 0 Å². The summed E-state index contributed by atoms with van der Waals surface area (Å²) in [6.45, 7) is 2.11. The van der Waals surface area contributed by atoms with E-state index in [0.717, 1.165) is 12.3 Å². The molecule has 0 aromatic carbocycles. The van der Waals surface area contributed by atoms with E-state index in [1.807, 2.05) is 0 Å². The minimum atomic E-state index is -0.514. The molecule has 0 aromatic rings. The van der Waals surface area contributed by atoms with Crippen LogP contribution in [0.1, 0.15) is 39.0 Å². The van der Waals surface area contributed by atoms with Crippen molar-refractivity contribution >= 4 is 24.4 Å². The maximum Gasteiger partial charge on any atom is 0.243 e. The van der Waals surface area contributed by atoms with Crippen LogP contribution in [-0.4, -0.2) is 30.2 Å². The Kier molecular flexibility index (Phi) is 6.40. The summed E-state index contributed by atoms with van der Waals surface area (Å²) in [5, 5.41) is 5.44. The van der Waals surface area contributed by atoms with E-state index in [1.54, 1.807) is 0 Å². The van der Waals surface area contributed by atoms with Gasteiger partial charge in [0.15, 0.2) is 0 Å². The van der Waals surface area contributed by atoms with Gasteiger partial charge in [0.05, 0.1) is 0 Å². The van der Waals surface area contributed by atoms with Gasteiger partial charge in [-0.25, -0.2) is 0 Å². The molecule has 1 fully saturated rings. The van der Waals surface area contributed by atoms with Crippen LogP contribution < -0.4 is 10.6 Å². The average molecular weight is 258 g/mol. The Balaban J connectivity index is 2.19. The largest absolute Gasteiger partial charge is 0.354 e. The summed E-state index contributed by atoms with van der Waals surface area (Å²) < 4.78 is 0. The lowest BCUT2D eigenvalue weighted by molar-refractivity contribution is -0.127. The molecule has 1 aliphatic carbocycles. The molecule has 0 heterocycles. The van der Waals surface area contributed by atoms with Gasteiger partial charge in [-0.2, -0.15) is 12.6 Å². The number of thiol groups is 1. The highest BCUT2D eigenvalue weighted by molar-refractivity contribution is 7.80. The smallest absolute Gasteiger partial charge is 0.243 e. The molecule has 0 spiro atoms. The Bertz CT molecular complexity index is 265. The highest BCUT2D eigenvalue weighted by atomic mass is 32.1. The van der Waals surface area contributed by atoms with E-state index < -0.39 is 6.04 Å². The van der Waals surface area contributed by atoms with Gasteiger partial charge in [-0.1, -0.05) is 25.7 Å². The van der Waals surface area contributed by atoms with Crippen LogP contribution in [0.3, 0.4) is 0 Å². The van der Waals surface area contributed by atoms with Crippen LogP contribution in [-0.2, 0) is 9.59 Å². The SMILES string of the molecule is CC(=O)NC(CS)C(=O)NCCC1CCCC1. The first-order valence-corrected chi connectivity index (χ1v) is 6.92. The zero-order valence-electron chi connectivity index (χ0n) is 10.4. The van der Waals surface area contributed by atoms with E-state index in [9.17, 15) is 9.59 Å². The summed E-state index contributed by atoms with van der Waals surface area (Å²) in [5.74, 6) is 0.767. The standard InChI is InChI=1S/C12H22N2O2S/c1-9(15)14-11(8-17)12(16)13-7-6-10-4-2-3-5-10/h10-11,17H,2-8H2,1H3,(H,13,16)(H,14,15). The lowest BCUT2D eigenvalue weighted by Crippen LogP contribution is -2.47. The van der Waals surface area contributed by atoms with Crippen LogP contribution in [0.25, 0.3) is 0 Å². The maximum atomic E-state index is 11.7. The van der Waals surface area contributed by atoms with Crippen LogP contribution in [0.2, 0.25) is 0 Å². The first kappa shape index (κ1) is 14.4. The second-order valence-electron chi connectivity index (χ2n) is 4.67. The van der Waals surface area contributed by atoms with Gasteiger partial charge in [0.2, 0.25) is 11.8 Å². The predicted molar refractivity (Wildman–Crippen MR) is 71.0 cm³/mol. The second-order valence-corrected chi connectivity index (χ2v) is 5.03. The molecule has 0 radical (unpaired) electrons. The number of nitrogens with one attached hydrogen (secondary N) is 2. The first-order chi connectivity index (χ1) is 8.13. The monoisotopic (exact) mass is 258 g/mol. The lowest BCUT2D eigenvalue weighted by atomic mass is 10.0. The van der Waals surface area contributed by atoms with Gasteiger partial charge >= 0.3 is 0 Å². The Morgan fingerprint density at radius 3 is 2.53 bits per heavy atom.